The fourth-order valence-electron chi connectivity index (χ4n) is 3.05. The quantitative estimate of drug-likeness (QED) is 0.673. The molecule has 0 fully saturated rings. The highest BCUT2D eigenvalue weighted by molar-refractivity contribution is 5.89. The molecule has 1 unspecified atom stereocenters. The van der Waals surface area contributed by atoms with E-state index < -0.39 is 5.97 Å². The summed E-state index contributed by atoms with van der Waals surface area (Å²) in [5.41, 5.74) is 3.35. The topological polar surface area (TPSA) is 55.4 Å². The molecule has 128 valence electrons. The number of hydrogen-bond acceptors (Lipinski definition) is 3. The molecular weight excluding hydrogens is 314 g/mol. The zero-order valence-electron chi connectivity index (χ0n) is 14.0. The van der Waals surface area contributed by atoms with Crippen LogP contribution in [0.4, 0.5) is 0 Å². The van der Waals surface area contributed by atoms with Crippen LogP contribution in [0, 0.1) is 0 Å². The molecule has 0 saturated carbocycles. The molecule has 1 N–H and O–H groups in total. The molecule has 3 rings (SSSR count). The fraction of sp³-hybridized carbons (Fsp3) is 0.238. The number of ether oxygens (including phenoxy) is 1. The second-order valence-corrected chi connectivity index (χ2v) is 6.06. The van der Waals surface area contributed by atoms with Crippen LogP contribution in [-0.2, 0) is 20.7 Å². The molecule has 4 heteroatoms. The second kappa shape index (κ2) is 8.29. The van der Waals surface area contributed by atoms with Crippen LogP contribution >= 0.6 is 0 Å². The van der Waals surface area contributed by atoms with Gasteiger partial charge in [0.05, 0.1) is 6.04 Å². The Balaban J connectivity index is 1.49. The summed E-state index contributed by atoms with van der Waals surface area (Å²) in [4.78, 5) is 23.8. The third-order valence-electron chi connectivity index (χ3n) is 4.26. The van der Waals surface area contributed by atoms with Gasteiger partial charge in [0.1, 0.15) is 0 Å². The van der Waals surface area contributed by atoms with E-state index in [-0.39, 0.29) is 18.6 Å². The van der Waals surface area contributed by atoms with Crippen LogP contribution in [0.3, 0.4) is 0 Å². The molecule has 0 radical (unpaired) electrons. The molecule has 1 amide bonds. The first kappa shape index (κ1) is 17.0. The molecule has 1 atom stereocenters. The lowest BCUT2D eigenvalue weighted by Gasteiger charge is -2.26. The number of carbonyl (C=O) groups excluding carboxylic acids is 2. The summed E-state index contributed by atoms with van der Waals surface area (Å²) >= 11 is 0. The summed E-state index contributed by atoms with van der Waals surface area (Å²) in [5.74, 6) is -0.800. The number of amides is 1. The number of rotatable bonds is 5. The molecule has 0 aliphatic heterocycles. The third kappa shape index (κ3) is 4.80. The number of benzene rings is 2. The van der Waals surface area contributed by atoms with Gasteiger partial charge in [-0.1, -0.05) is 54.6 Å². The van der Waals surface area contributed by atoms with Gasteiger partial charge >= 0.3 is 5.97 Å². The maximum Gasteiger partial charge on any atom is 0.331 e. The van der Waals surface area contributed by atoms with Gasteiger partial charge < -0.3 is 10.1 Å². The number of carbonyl (C=O) groups is 2. The summed E-state index contributed by atoms with van der Waals surface area (Å²) in [6, 6.07) is 17.6. The Morgan fingerprint density at radius 3 is 2.68 bits per heavy atom. The Morgan fingerprint density at radius 1 is 1.08 bits per heavy atom. The van der Waals surface area contributed by atoms with Crippen LogP contribution in [0.15, 0.2) is 60.7 Å². The van der Waals surface area contributed by atoms with Crippen molar-refractivity contribution in [3.8, 4) is 0 Å². The van der Waals surface area contributed by atoms with Crippen molar-refractivity contribution in [1.82, 2.24) is 5.32 Å². The average molecular weight is 335 g/mol. The summed E-state index contributed by atoms with van der Waals surface area (Å²) in [6.07, 6.45) is 5.99. The van der Waals surface area contributed by atoms with Crippen molar-refractivity contribution in [2.24, 2.45) is 0 Å². The number of aryl methyl sites for hydroxylation is 1. The molecule has 0 spiro atoms. The van der Waals surface area contributed by atoms with Crippen molar-refractivity contribution < 1.29 is 14.3 Å². The Kier molecular flexibility index (Phi) is 5.62. The molecule has 4 nitrogen and oxygen atoms in total. The third-order valence-corrected chi connectivity index (χ3v) is 4.26. The van der Waals surface area contributed by atoms with Crippen LogP contribution in [-0.4, -0.2) is 18.5 Å². The molecule has 0 aromatic heterocycles. The molecular formula is C21H21NO3. The molecule has 2 aromatic rings. The van der Waals surface area contributed by atoms with E-state index in [4.69, 9.17) is 4.74 Å². The monoisotopic (exact) mass is 335 g/mol. The number of nitrogens with one attached hydrogen (secondary N) is 1. The molecule has 25 heavy (non-hydrogen) atoms. The minimum absolute atomic E-state index is 0.00369. The first-order valence-electron chi connectivity index (χ1n) is 8.49. The molecule has 1 aliphatic rings. The van der Waals surface area contributed by atoms with Gasteiger partial charge in [0, 0.05) is 6.08 Å². The minimum atomic E-state index is -0.525. The molecule has 0 saturated heterocycles. The number of esters is 1. The fourth-order valence-corrected chi connectivity index (χ4v) is 3.05. The summed E-state index contributed by atoms with van der Waals surface area (Å²) < 4.78 is 5.02. The van der Waals surface area contributed by atoms with Crippen molar-refractivity contribution in [3.05, 3.63) is 77.4 Å². The Labute approximate surface area is 147 Å². The van der Waals surface area contributed by atoms with Gasteiger partial charge in [-0.2, -0.15) is 0 Å². The van der Waals surface area contributed by atoms with Gasteiger partial charge in [0.15, 0.2) is 6.61 Å². The van der Waals surface area contributed by atoms with Crippen LogP contribution in [0.1, 0.15) is 35.6 Å². The number of hydrogen-bond donors (Lipinski definition) is 1. The zero-order chi connectivity index (χ0) is 17.5. The lowest BCUT2D eigenvalue weighted by molar-refractivity contribution is -0.144. The SMILES string of the molecule is O=C(COC(=O)C=Cc1ccccc1)NC1CCCc2ccccc21. The Hall–Kier alpha value is -2.88. The van der Waals surface area contributed by atoms with Crippen molar-refractivity contribution in [3.63, 3.8) is 0 Å². The van der Waals surface area contributed by atoms with E-state index in [1.54, 1.807) is 6.08 Å². The van der Waals surface area contributed by atoms with E-state index in [0.29, 0.717) is 0 Å². The zero-order valence-corrected chi connectivity index (χ0v) is 14.0. The van der Waals surface area contributed by atoms with Crippen molar-refractivity contribution in [2.45, 2.75) is 25.3 Å². The van der Waals surface area contributed by atoms with Crippen molar-refractivity contribution in [1.29, 1.82) is 0 Å². The Morgan fingerprint density at radius 2 is 1.84 bits per heavy atom. The van der Waals surface area contributed by atoms with Crippen molar-refractivity contribution in [2.75, 3.05) is 6.61 Å². The average Bonchev–Trinajstić information content (AvgIpc) is 2.66. The minimum Gasteiger partial charge on any atom is -0.452 e. The van der Waals surface area contributed by atoms with Crippen LogP contribution in [0.25, 0.3) is 6.08 Å². The van der Waals surface area contributed by atoms with Crippen LogP contribution < -0.4 is 5.32 Å². The summed E-state index contributed by atoms with van der Waals surface area (Å²) in [5, 5.41) is 2.96. The van der Waals surface area contributed by atoms with E-state index in [1.165, 1.54) is 11.6 Å². The number of fused-ring (bicyclic) bond motifs is 1. The maximum atomic E-state index is 12.1. The summed E-state index contributed by atoms with van der Waals surface area (Å²) in [7, 11) is 0. The lowest BCUT2D eigenvalue weighted by Crippen LogP contribution is -2.34. The maximum absolute atomic E-state index is 12.1. The first-order valence-corrected chi connectivity index (χ1v) is 8.49. The highest BCUT2D eigenvalue weighted by Crippen LogP contribution is 2.29. The van der Waals surface area contributed by atoms with E-state index in [2.05, 4.69) is 11.4 Å². The normalized spacial score (nSPS) is 16.2. The van der Waals surface area contributed by atoms with Crippen LogP contribution in [0.2, 0.25) is 0 Å². The second-order valence-electron chi connectivity index (χ2n) is 6.06. The van der Waals surface area contributed by atoms with Gasteiger partial charge in [-0.05, 0) is 42.0 Å². The van der Waals surface area contributed by atoms with E-state index in [0.717, 1.165) is 30.4 Å². The van der Waals surface area contributed by atoms with Crippen LogP contribution in [0.5, 0.6) is 0 Å². The van der Waals surface area contributed by atoms with E-state index >= 15 is 0 Å². The predicted molar refractivity (Wildman–Crippen MR) is 96.7 cm³/mol. The molecule has 1 aliphatic carbocycles. The van der Waals surface area contributed by atoms with Gasteiger partial charge in [0.25, 0.3) is 5.91 Å². The first-order chi connectivity index (χ1) is 12.2. The molecule has 0 heterocycles. The van der Waals surface area contributed by atoms with E-state index in [1.807, 2.05) is 48.5 Å². The largest absolute Gasteiger partial charge is 0.452 e. The smallest absolute Gasteiger partial charge is 0.331 e. The van der Waals surface area contributed by atoms with Gasteiger partial charge in [-0.25, -0.2) is 4.79 Å². The lowest BCUT2D eigenvalue weighted by atomic mass is 9.88. The van der Waals surface area contributed by atoms with E-state index in [9.17, 15) is 9.59 Å². The Bertz CT molecular complexity index is 768. The van der Waals surface area contributed by atoms with Crippen molar-refractivity contribution >= 4 is 18.0 Å². The van der Waals surface area contributed by atoms with Gasteiger partial charge in [-0.3, -0.25) is 4.79 Å². The highest BCUT2D eigenvalue weighted by Gasteiger charge is 2.21. The van der Waals surface area contributed by atoms with Gasteiger partial charge in [-0.15, -0.1) is 0 Å². The molecule has 0 bridgehead atoms. The molecule has 2 aromatic carbocycles. The van der Waals surface area contributed by atoms with Gasteiger partial charge in [0.2, 0.25) is 0 Å². The standard InChI is InChI=1S/C21H21NO3/c23-20(15-25-21(24)14-13-16-7-2-1-3-8-16)22-19-12-6-10-17-9-4-5-11-18(17)19/h1-5,7-9,11,13-14,19H,6,10,12,15H2,(H,22,23). The highest BCUT2D eigenvalue weighted by atomic mass is 16.5. The predicted octanol–water partition coefficient (Wildman–Crippen LogP) is 3.44. The summed E-state index contributed by atoms with van der Waals surface area (Å²) in [6.45, 7) is -0.267.